The highest BCUT2D eigenvalue weighted by Gasteiger charge is 2.26. The Morgan fingerprint density at radius 2 is 1.59 bits per heavy atom. The van der Waals surface area contributed by atoms with E-state index in [2.05, 4.69) is 33.9 Å². The molecule has 0 amide bonds. The number of fused-ring (bicyclic) bond motifs is 3. The van der Waals surface area contributed by atoms with Crippen LogP contribution in [0.3, 0.4) is 0 Å². The number of nitrogens with zero attached hydrogens (tertiary/aromatic N) is 3. The predicted molar refractivity (Wildman–Crippen MR) is 142 cm³/mol. The predicted octanol–water partition coefficient (Wildman–Crippen LogP) is 3.83. The van der Waals surface area contributed by atoms with Gasteiger partial charge in [-0.1, -0.05) is 30.0 Å². The first-order chi connectivity index (χ1) is 18.0. The van der Waals surface area contributed by atoms with E-state index in [1.807, 2.05) is 24.3 Å². The lowest BCUT2D eigenvalue weighted by atomic mass is 10.0. The number of hydrogen-bond acceptors (Lipinski definition) is 9. The molecular formula is C28H25N3O5S. The van der Waals surface area contributed by atoms with Gasteiger partial charge in [0.1, 0.15) is 0 Å². The van der Waals surface area contributed by atoms with E-state index in [1.165, 1.54) is 11.0 Å². The second-order valence-electron chi connectivity index (χ2n) is 9.29. The molecule has 0 unspecified atom stereocenters. The Morgan fingerprint density at radius 1 is 0.838 bits per heavy atom. The second kappa shape index (κ2) is 9.66. The van der Waals surface area contributed by atoms with Gasteiger partial charge in [0.15, 0.2) is 16.9 Å². The molecule has 1 fully saturated rings. The minimum Gasteiger partial charge on any atom is -0.414 e. The molecule has 0 aliphatic carbocycles. The molecule has 1 aromatic heterocycles. The molecule has 0 spiro atoms. The van der Waals surface area contributed by atoms with Crippen molar-refractivity contribution in [1.29, 1.82) is 0 Å². The third kappa shape index (κ3) is 4.50. The second-order valence-corrected chi connectivity index (χ2v) is 10.4. The molecule has 0 bridgehead atoms. The van der Waals surface area contributed by atoms with Crippen LogP contribution in [0.2, 0.25) is 0 Å². The average Bonchev–Trinajstić information content (AvgIpc) is 2.91. The van der Waals surface area contributed by atoms with Gasteiger partial charge in [-0.15, -0.1) is 0 Å². The molecule has 188 valence electrons. The van der Waals surface area contributed by atoms with Gasteiger partial charge < -0.3 is 18.6 Å². The van der Waals surface area contributed by atoms with Crippen LogP contribution in [-0.4, -0.2) is 61.9 Å². The summed E-state index contributed by atoms with van der Waals surface area (Å²) in [7, 11) is 2.15. The Morgan fingerprint density at radius 3 is 2.43 bits per heavy atom. The van der Waals surface area contributed by atoms with Crippen molar-refractivity contribution in [2.75, 3.05) is 51.2 Å². The number of rotatable bonds is 5. The molecule has 0 saturated carbocycles. The number of likely N-dealkylation sites (N-methyl/N-ethyl adjacent to an activating group) is 1. The number of ketones is 1. The van der Waals surface area contributed by atoms with Crippen molar-refractivity contribution in [2.24, 2.45) is 0 Å². The summed E-state index contributed by atoms with van der Waals surface area (Å²) in [5, 5.41) is 0. The summed E-state index contributed by atoms with van der Waals surface area (Å²) in [4.78, 5) is 46.4. The van der Waals surface area contributed by atoms with Gasteiger partial charge in [0.05, 0.1) is 16.9 Å². The van der Waals surface area contributed by atoms with Gasteiger partial charge in [0.2, 0.25) is 0 Å². The summed E-state index contributed by atoms with van der Waals surface area (Å²) < 4.78 is 10.2. The summed E-state index contributed by atoms with van der Waals surface area (Å²) >= 11 is 1.69. The summed E-state index contributed by atoms with van der Waals surface area (Å²) in [6.45, 7) is 5.90. The van der Waals surface area contributed by atoms with Crippen LogP contribution >= 0.6 is 11.8 Å². The molecule has 37 heavy (non-hydrogen) atoms. The third-order valence-corrected chi connectivity index (χ3v) is 8.04. The highest BCUT2D eigenvalue weighted by Crippen LogP contribution is 2.48. The van der Waals surface area contributed by atoms with E-state index in [9.17, 15) is 14.4 Å². The normalized spacial score (nSPS) is 16.0. The van der Waals surface area contributed by atoms with Crippen LogP contribution in [0, 0.1) is 0 Å². The zero-order valence-corrected chi connectivity index (χ0v) is 21.1. The SMILES string of the molecule is CN1CCN(CCN2c3ccccc3Sc3ccc(C(=O)c4cccc5oc(=O)c(=O)oc45)cc32)CC1. The van der Waals surface area contributed by atoms with Crippen molar-refractivity contribution >= 4 is 40.1 Å². The number of para-hydroxylation sites is 2. The number of hydrogen-bond donors (Lipinski definition) is 0. The van der Waals surface area contributed by atoms with Gasteiger partial charge in [-0.25, -0.2) is 9.59 Å². The van der Waals surface area contributed by atoms with Crippen LogP contribution in [0.4, 0.5) is 11.4 Å². The molecule has 0 atom stereocenters. The highest BCUT2D eigenvalue weighted by atomic mass is 32.2. The molecule has 2 aliphatic rings. The lowest BCUT2D eigenvalue weighted by Crippen LogP contribution is -2.46. The Hall–Kier alpha value is -3.66. The van der Waals surface area contributed by atoms with Gasteiger partial charge in [-0.3, -0.25) is 9.69 Å². The molecule has 9 heteroatoms. The van der Waals surface area contributed by atoms with Crippen molar-refractivity contribution in [1.82, 2.24) is 9.80 Å². The zero-order valence-electron chi connectivity index (χ0n) is 20.3. The fraction of sp³-hybridized carbons (Fsp3) is 0.250. The number of anilines is 2. The maximum atomic E-state index is 13.6. The van der Waals surface area contributed by atoms with E-state index in [4.69, 9.17) is 8.83 Å². The smallest absolute Gasteiger partial charge is 0.414 e. The molecule has 8 nitrogen and oxygen atoms in total. The fourth-order valence-electron chi connectivity index (χ4n) is 4.84. The molecule has 3 aromatic carbocycles. The Bertz CT molecular complexity index is 1620. The largest absolute Gasteiger partial charge is 0.423 e. The summed E-state index contributed by atoms with van der Waals surface area (Å²) in [5.41, 5.74) is 0.524. The van der Waals surface area contributed by atoms with E-state index in [0.29, 0.717) is 5.56 Å². The quantitative estimate of drug-likeness (QED) is 0.291. The van der Waals surface area contributed by atoms with E-state index >= 15 is 0 Å². The zero-order chi connectivity index (χ0) is 25.5. The van der Waals surface area contributed by atoms with Crippen LogP contribution in [-0.2, 0) is 0 Å². The van der Waals surface area contributed by atoms with E-state index in [-0.39, 0.29) is 22.5 Å². The minimum atomic E-state index is -1.14. The Balaban J connectivity index is 1.36. The number of carbonyl (C=O) groups excluding carboxylic acids is 1. The van der Waals surface area contributed by atoms with Crippen LogP contribution < -0.4 is 16.2 Å². The topological polar surface area (TPSA) is 87.2 Å². The molecule has 0 N–H and O–H groups in total. The lowest BCUT2D eigenvalue weighted by molar-refractivity contribution is 0.103. The monoisotopic (exact) mass is 515 g/mol. The first-order valence-electron chi connectivity index (χ1n) is 12.2. The highest BCUT2D eigenvalue weighted by molar-refractivity contribution is 7.99. The number of carbonyl (C=O) groups is 1. The fourth-order valence-corrected chi connectivity index (χ4v) is 5.91. The third-order valence-electron chi connectivity index (χ3n) is 6.91. The van der Waals surface area contributed by atoms with Crippen LogP contribution in [0.5, 0.6) is 0 Å². The van der Waals surface area contributed by atoms with Crippen molar-refractivity contribution in [2.45, 2.75) is 9.79 Å². The molecule has 1 saturated heterocycles. The van der Waals surface area contributed by atoms with Crippen molar-refractivity contribution < 1.29 is 13.6 Å². The maximum Gasteiger partial charge on any atom is 0.423 e. The van der Waals surface area contributed by atoms with E-state index < -0.39 is 11.3 Å². The Kier molecular flexibility index (Phi) is 6.19. The first-order valence-corrected chi connectivity index (χ1v) is 13.0. The summed E-state index contributed by atoms with van der Waals surface area (Å²) in [6, 6.07) is 18.6. The van der Waals surface area contributed by atoms with Crippen molar-refractivity contribution in [3.63, 3.8) is 0 Å². The van der Waals surface area contributed by atoms with Crippen molar-refractivity contribution in [3.05, 3.63) is 92.6 Å². The first kappa shape index (κ1) is 23.7. The molecule has 4 aromatic rings. The summed E-state index contributed by atoms with van der Waals surface area (Å²) in [6.07, 6.45) is 0. The molecular weight excluding hydrogens is 490 g/mol. The van der Waals surface area contributed by atoms with Gasteiger partial charge in [0.25, 0.3) is 0 Å². The maximum absolute atomic E-state index is 13.6. The van der Waals surface area contributed by atoms with E-state index in [0.717, 1.165) is 55.5 Å². The van der Waals surface area contributed by atoms with Crippen molar-refractivity contribution in [3.8, 4) is 0 Å². The summed E-state index contributed by atoms with van der Waals surface area (Å²) in [5.74, 6) is -0.312. The van der Waals surface area contributed by atoms with Crippen LogP contribution in [0.25, 0.3) is 11.2 Å². The molecule has 2 aliphatic heterocycles. The Labute approximate surface area is 217 Å². The lowest BCUT2D eigenvalue weighted by Gasteiger charge is -2.37. The molecule has 0 radical (unpaired) electrons. The number of benzene rings is 3. The average molecular weight is 516 g/mol. The van der Waals surface area contributed by atoms with Gasteiger partial charge in [0, 0.05) is 54.6 Å². The van der Waals surface area contributed by atoms with Crippen LogP contribution in [0.1, 0.15) is 15.9 Å². The van der Waals surface area contributed by atoms with Crippen LogP contribution in [0.15, 0.2) is 88.9 Å². The van der Waals surface area contributed by atoms with E-state index in [1.54, 1.807) is 30.0 Å². The van der Waals surface area contributed by atoms with Gasteiger partial charge in [-0.2, -0.15) is 0 Å². The molecule has 3 heterocycles. The molecule has 6 rings (SSSR count). The minimum absolute atomic E-state index is 0.0264. The van der Waals surface area contributed by atoms with Gasteiger partial charge in [-0.05, 0) is 49.5 Å². The van der Waals surface area contributed by atoms with Gasteiger partial charge >= 0.3 is 11.3 Å². The standard InChI is InChI=1S/C28H25N3O5S/c1-29-11-13-30(14-12-29)15-16-31-20-6-2-3-8-23(20)37-24-10-9-18(17-21(24)31)25(32)19-5-4-7-22-26(19)36-28(34)27(33)35-22/h2-10,17H,11-16H2,1H3. The number of piperazine rings is 1.